The molecule has 0 fully saturated rings. The zero-order chi connectivity index (χ0) is 14.4. The number of nitrogens with one attached hydrogen (secondary N) is 1. The molecule has 0 heterocycles. The highest BCUT2D eigenvalue weighted by atomic mass is 16.5. The topological polar surface area (TPSA) is 24.5 Å². The van der Waals surface area contributed by atoms with E-state index in [9.17, 15) is 0 Å². The lowest BCUT2D eigenvalue weighted by atomic mass is 10.0. The molecule has 3 heteroatoms. The van der Waals surface area contributed by atoms with E-state index < -0.39 is 0 Å². The van der Waals surface area contributed by atoms with E-state index >= 15 is 0 Å². The summed E-state index contributed by atoms with van der Waals surface area (Å²) in [5.74, 6) is 1.65. The van der Waals surface area contributed by atoms with Gasteiger partial charge in [-0.3, -0.25) is 0 Å². The van der Waals surface area contributed by atoms with Crippen LogP contribution in [0.3, 0.4) is 0 Å². The highest BCUT2D eigenvalue weighted by molar-refractivity contribution is 5.38. The third-order valence-electron chi connectivity index (χ3n) is 3.35. The molecule has 0 radical (unpaired) electrons. The van der Waals surface area contributed by atoms with Crippen LogP contribution in [-0.4, -0.2) is 32.6 Å². The summed E-state index contributed by atoms with van der Waals surface area (Å²) in [5, 5.41) is 3.28. The molecule has 0 saturated carbocycles. The normalized spacial score (nSPS) is 13.1. The zero-order valence-electron chi connectivity index (χ0n) is 13.2. The Kier molecular flexibility index (Phi) is 6.32. The van der Waals surface area contributed by atoms with Gasteiger partial charge in [-0.05, 0) is 44.6 Å². The van der Waals surface area contributed by atoms with Crippen LogP contribution in [0.4, 0.5) is 0 Å². The molecule has 0 aliphatic carbocycles. The molecule has 108 valence electrons. The predicted molar refractivity (Wildman–Crippen MR) is 81.6 cm³/mol. The van der Waals surface area contributed by atoms with E-state index in [4.69, 9.17) is 4.74 Å². The van der Waals surface area contributed by atoms with Crippen LogP contribution in [0.5, 0.6) is 5.75 Å². The van der Waals surface area contributed by atoms with Gasteiger partial charge in [-0.25, -0.2) is 0 Å². The van der Waals surface area contributed by atoms with Crippen LogP contribution in [0.1, 0.15) is 37.9 Å². The lowest BCUT2D eigenvalue weighted by molar-refractivity contribution is 0.282. The number of ether oxygens (including phenoxy) is 1. The number of nitrogens with zero attached hydrogens (tertiary/aromatic N) is 1. The average molecular weight is 264 g/mol. The molecule has 1 unspecified atom stereocenters. The molecule has 1 aromatic rings. The molecule has 1 atom stereocenters. The molecule has 3 nitrogen and oxygen atoms in total. The Morgan fingerprint density at radius 3 is 2.47 bits per heavy atom. The summed E-state index contributed by atoms with van der Waals surface area (Å²) in [4.78, 5) is 2.34. The van der Waals surface area contributed by atoms with Gasteiger partial charge in [0.05, 0.1) is 7.11 Å². The number of hydrogen-bond acceptors (Lipinski definition) is 3. The van der Waals surface area contributed by atoms with Crippen molar-refractivity contribution in [2.24, 2.45) is 5.92 Å². The number of methoxy groups -OCH3 is 1. The fourth-order valence-electron chi connectivity index (χ4n) is 2.34. The fraction of sp³-hybridized carbons (Fsp3) is 0.625. The maximum absolute atomic E-state index is 5.47. The lowest BCUT2D eigenvalue weighted by Gasteiger charge is -2.21. The number of benzene rings is 1. The largest absolute Gasteiger partial charge is 0.496 e. The summed E-state index contributed by atoms with van der Waals surface area (Å²) < 4.78 is 5.47. The van der Waals surface area contributed by atoms with Crippen LogP contribution in [0.25, 0.3) is 0 Å². The van der Waals surface area contributed by atoms with Gasteiger partial charge in [0.1, 0.15) is 5.75 Å². The van der Waals surface area contributed by atoms with E-state index in [0.717, 1.165) is 18.8 Å². The van der Waals surface area contributed by atoms with Crippen molar-refractivity contribution >= 4 is 0 Å². The van der Waals surface area contributed by atoms with Crippen molar-refractivity contribution in [2.75, 3.05) is 27.7 Å². The quantitative estimate of drug-likeness (QED) is 0.819. The van der Waals surface area contributed by atoms with Crippen molar-refractivity contribution in [3.63, 3.8) is 0 Å². The van der Waals surface area contributed by atoms with Crippen LogP contribution in [-0.2, 0) is 6.54 Å². The van der Waals surface area contributed by atoms with Gasteiger partial charge < -0.3 is 15.0 Å². The molecule has 0 aliphatic rings. The monoisotopic (exact) mass is 264 g/mol. The Balaban J connectivity index is 2.89. The molecule has 0 spiro atoms. The molecule has 19 heavy (non-hydrogen) atoms. The molecule has 0 amide bonds. The maximum Gasteiger partial charge on any atom is 0.123 e. The van der Waals surface area contributed by atoms with Gasteiger partial charge in [0.15, 0.2) is 0 Å². The van der Waals surface area contributed by atoms with E-state index in [-0.39, 0.29) is 0 Å². The van der Waals surface area contributed by atoms with Crippen LogP contribution in [0, 0.1) is 5.92 Å². The van der Waals surface area contributed by atoms with Gasteiger partial charge in [0.25, 0.3) is 0 Å². The third kappa shape index (κ3) is 4.84. The molecular formula is C16H28N2O. The first-order valence-corrected chi connectivity index (χ1v) is 7.00. The summed E-state index contributed by atoms with van der Waals surface area (Å²) in [7, 11) is 5.88. The van der Waals surface area contributed by atoms with Crippen LogP contribution < -0.4 is 10.1 Å². The van der Waals surface area contributed by atoms with Gasteiger partial charge in [-0.2, -0.15) is 0 Å². The van der Waals surface area contributed by atoms with Crippen LogP contribution in [0.2, 0.25) is 0 Å². The second-order valence-electron chi connectivity index (χ2n) is 5.67. The maximum atomic E-state index is 5.47. The van der Waals surface area contributed by atoms with Crippen LogP contribution >= 0.6 is 0 Å². The predicted octanol–water partition coefficient (Wildman–Crippen LogP) is 3.06. The SMILES string of the molecule is CNC(C)c1ccc(OC)c(CN(C)CC(C)C)c1. The third-order valence-corrected chi connectivity index (χ3v) is 3.35. The van der Waals surface area contributed by atoms with Crippen molar-refractivity contribution in [2.45, 2.75) is 33.4 Å². The average Bonchev–Trinajstić information content (AvgIpc) is 2.36. The summed E-state index contributed by atoms with van der Waals surface area (Å²) in [5.41, 5.74) is 2.56. The minimum atomic E-state index is 0.361. The van der Waals surface area contributed by atoms with Gasteiger partial charge in [0.2, 0.25) is 0 Å². The Hall–Kier alpha value is -1.06. The molecule has 1 aromatic carbocycles. The first kappa shape index (κ1) is 16.0. The van der Waals surface area contributed by atoms with Crippen molar-refractivity contribution < 1.29 is 4.74 Å². The summed E-state index contributed by atoms with van der Waals surface area (Å²) in [6, 6.07) is 6.81. The summed E-state index contributed by atoms with van der Waals surface area (Å²) in [6.07, 6.45) is 0. The Morgan fingerprint density at radius 2 is 1.95 bits per heavy atom. The fourth-order valence-corrected chi connectivity index (χ4v) is 2.34. The number of rotatable bonds is 7. The van der Waals surface area contributed by atoms with Crippen molar-refractivity contribution in [3.05, 3.63) is 29.3 Å². The minimum absolute atomic E-state index is 0.361. The standard InChI is InChI=1S/C16H28N2O/c1-12(2)10-18(5)11-15-9-14(13(3)17-4)7-8-16(15)19-6/h7-9,12-13,17H,10-11H2,1-6H3. The van der Waals surface area contributed by atoms with Crippen molar-refractivity contribution in [3.8, 4) is 5.75 Å². The van der Waals surface area contributed by atoms with E-state index in [1.54, 1.807) is 7.11 Å². The Morgan fingerprint density at radius 1 is 1.26 bits per heavy atom. The van der Waals surface area contributed by atoms with E-state index in [1.165, 1.54) is 11.1 Å². The highest BCUT2D eigenvalue weighted by Gasteiger charge is 2.11. The van der Waals surface area contributed by atoms with Crippen molar-refractivity contribution in [1.82, 2.24) is 10.2 Å². The lowest BCUT2D eigenvalue weighted by Crippen LogP contribution is -2.23. The van der Waals surface area contributed by atoms with Crippen LogP contribution in [0.15, 0.2) is 18.2 Å². The van der Waals surface area contributed by atoms with Gasteiger partial charge >= 0.3 is 0 Å². The van der Waals surface area contributed by atoms with E-state index in [2.05, 4.69) is 56.2 Å². The molecule has 0 saturated heterocycles. The summed E-state index contributed by atoms with van der Waals surface area (Å²) >= 11 is 0. The minimum Gasteiger partial charge on any atom is -0.496 e. The van der Waals surface area contributed by atoms with E-state index in [1.807, 2.05) is 7.05 Å². The smallest absolute Gasteiger partial charge is 0.123 e. The first-order chi connectivity index (χ1) is 8.97. The molecule has 0 aliphatic heterocycles. The van der Waals surface area contributed by atoms with Crippen molar-refractivity contribution in [1.29, 1.82) is 0 Å². The van der Waals surface area contributed by atoms with Gasteiger partial charge in [0, 0.05) is 24.7 Å². The second-order valence-corrected chi connectivity index (χ2v) is 5.67. The number of hydrogen-bond donors (Lipinski definition) is 1. The molecular weight excluding hydrogens is 236 g/mol. The van der Waals surface area contributed by atoms with E-state index in [0.29, 0.717) is 12.0 Å². The molecule has 0 bridgehead atoms. The first-order valence-electron chi connectivity index (χ1n) is 7.00. The zero-order valence-corrected chi connectivity index (χ0v) is 13.2. The second kappa shape index (κ2) is 7.51. The highest BCUT2D eigenvalue weighted by Crippen LogP contribution is 2.24. The summed E-state index contributed by atoms with van der Waals surface area (Å²) in [6.45, 7) is 8.67. The molecule has 1 N–H and O–H groups in total. The van der Waals surface area contributed by atoms with Gasteiger partial charge in [-0.15, -0.1) is 0 Å². The van der Waals surface area contributed by atoms with Gasteiger partial charge in [-0.1, -0.05) is 19.9 Å². The molecule has 0 aromatic heterocycles. The Labute approximate surface area is 118 Å². The Bertz CT molecular complexity index is 390. The molecule has 1 rings (SSSR count).